The Balaban J connectivity index is 1.76. The van der Waals surface area contributed by atoms with E-state index in [2.05, 4.69) is 36.5 Å². The first-order valence-corrected chi connectivity index (χ1v) is 11.5. The highest BCUT2D eigenvalue weighted by Gasteiger charge is 2.43. The molecule has 0 saturated carbocycles. The van der Waals surface area contributed by atoms with Gasteiger partial charge in [0.1, 0.15) is 6.04 Å². The molecule has 1 aliphatic rings. The molecular formula is C28H32N2O4. The summed E-state index contributed by atoms with van der Waals surface area (Å²) in [6, 6.07) is 17.1. The zero-order chi connectivity index (χ0) is 24.6. The predicted molar refractivity (Wildman–Crippen MR) is 134 cm³/mol. The summed E-state index contributed by atoms with van der Waals surface area (Å²) in [5.74, 6) is 0.576. The summed E-state index contributed by atoms with van der Waals surface area (Å²) in [6.07, 6.45) is 0. The van der Waals surface area contributed by atoms with Crippen LogP contribution in [0.3, 0.4) is 0 Å². The van der Waals surface area contributed by atoms with E-state index < -0.39 is 11.6 Å². The largest absolute Gasteiger partial charge is 0.493 e. The summed E-state index contributed by atoms with van der Waals surface area (Å²) in [6.45, 7) is 8.28. The summed E-state index contributed by atoms with van der Waals surface area (Å²) in [5, 5.41) is 5.36. The molecule has 0 radical (unpaired) electrons. The van der Waals surface area contributed by atoms with Crippen molar-refractivity contribution >= 4 is 22.6 Å². The molecule has 0 fully saturated rings. The van der Waals surface area contributed by atoms with Gasteiger partial charge in [-0.3, -0.25) is 9.59 Å². The van der Waals surface area contributed by atoms with Gasteiger partial charge in [0.25, 0.3) is 5.91 Å². The number of benzene rings is 3. The maximum absolute atomic E-state index is 13.6. The highest BCUT2D eigenvalue weighted by Crippen LogP contribution is 2.42. The summed E-state index contributed by atoms with van der Waals surface area (Å²) < 4.78 is 10.9. The van der Waals surface area contributed by atoms with Crippen molar-refractivity contribution in [3.05, 3.63) is 71.3 Å². The van der Waals surface area contributed by atoms with Crippen molar-refractivity contribution in [2.75, 3.05) is 20.8 Å². The molecule has 6 heteroatoms. The summed E-state index contributed by atoms with van der Waals surface area (Å²) in [4.78, 5) is 28.8. The minimum atomic E-state index is -0.751. The highest BCUT2D eigenvalue weighted by atomic mass is 16.5. The molecule has 0 aliphatic carbocycles. The van der Waals surface area contributed by atoms with Crippen molar-refractivity contribution in [1.29, 1.82) is 0 Å². The molecule has 4 rings (SSSR count). The SMILES string of the molecule is COc1cc2c(cc1OC)C(C(=O)NC(C)(C)C)N(CC(C)c1cccc3ccccc13)C2=O. The summed E-state index contributed by atoms with van der Waals surface area (Å²) in [7, 11) is 3.08. The number of carbonyl (C=O) groups excluding carboxylic acids is 2. The van der Waals surface area contributed by atoms with E-state index in [1.165, 1.54) is 7.11 Å². The minimum Gasteiger partial charge on any atom is -0.493 e. The fourth-order valence-corrected chi connectivity index (χ4v) is 4.73. The molecule has 6 nitrogen and oxygen atoms in total. The van der Waals surface area contributed by atoms with Crippen LogP contribution in [0.2, 0.25) is 0 Å². The van der Waals surface area contributed by atoms with E-state index in [1.54, 1.807) is 24.1 Å². The van der Waals surface area contributed by atoms with E-state index in [4.69, 9.17) is 9.47 Å². The number of amides is 2. The van der Waals surface area contributed by atoms with Gasteiger partial charge in [0.05, 0.1) is 14.2 Å². The second kappa shape index (κ2) is 9.01. The third kappa shape index (κ3) is 4.32. The molecule has 1 aliphatic heterocycles. The number of nitrogens with zero attached hydrogens (tertiary/aromatic N) is 1. The van der Waals surface area contributed by atoms with E-state index in [9.17, 15) is 9.59 Å². The number of methoxy groups -OCH3 is 2. The minimum absolute atomic E-state index is 0.0121. The van der Waals surface area contributed by atoms with Crippen molar-refractivity contribution in [1.82, 2.24) is 10.2 Å². The lowest BCUT2D eigenvalue weighted by Gasteiger charge is -2.30. The van der Waals surface area contributed by atoms with Crippen LogP contribution in [0.5, 0.6) is 11.5 Å². The number of nitrogens with one attached hydrogen (secondary N) is 1. The van der Waals surface area contributed by atoms with Crippen LogP contribution < -0.4 is 14.8 Å². The number of carbonyl (C=O) groups is 2. The lowest BCUT2D eigenvalue weighted by molar-refractivity contribution is -0.127. The van der Waals surface area contributed by atoms with Gasteiger partial charge >= 0.3 is 0 Å². The van der Waals surface area contributed by atoms with Gasteiger partial charge in [0.15, 0.2) is 11.5 Å². The number of hydrogen-bond donors (Lipinski definition) is 1. The van der Waals surface area contributed by atoms with Crippen LogP contribution in [0.15, 0.2) is 54.6 Å². The zero-order valence-electron chi connectivity index (χ0n) is 20.6. The Hall–Kier alpha value is -3.54. The van der Waals surface area contributed by atoms with Crippen molar-refractivity contribution in [2.24, 2.45) is 0 Å². The zero-order valence-corrected chi connectivity index (χ0v) is 20.6. The molecule has 1 N–H and O–H groups in total. The molecule has 0 aromatic heterocycles. The van der Waals surface area contributed by atoms with Crippen LogP contribution in [-0.4, -0.2) is 43.0 Å². The topological polar surface area (TPSA) is 67.9 Å². The first kappa shape index (κ1) is 23.6. The lowest BCUT2D eigenvalue weighted by atomic mass is 9.94. The van der Waals surface area contributed by atoms with Gasteiger partial charge < -0.3 is 19.7 Å². The average Bonchev–Trinajstić information content (AvgIpc) is 3.07. The second-order valence-electron chi connectivity index (χ2n) is 9.86. The second-order valence-corrected chi connectivity index (χ2v) is 9.86. The number of hydrogen-bond acceptors (Lipinski definition) is 4. The van der Waals surface area contributed by atoms with Crippen molar-refractivity contribution in [3.8, 4) is 11.5 Å². The lowest BCUT2D eigenvalue weighted by Crippen LogP contribution is -2.47. The molecule has 2 amide bonds. The van der Waals surface area contributed by atoms with Crippen molar-refractivity contribution in [2.45, 2.75) is 45.2 Å². The number of ether oxygens (including phenoxy) is 2. The summed E-state index contributed by atoms with van der Waals surface area (Å²) >= 11 is 0. The highest BCUT2D eigenvalue weighted by molar-refractivity contribution is 6.05. The monoisotopic (exact) mass is 460 g/mol. The Bertz CT molecular complexity index is 1240. The molecule has 1 heterocycles. The quantitative estimate of drug-likeness (QED) is 0.558. The smallest absolute Gasteiger partial charge is 0.255 e. The van der Waals surface area contributed by atoms with Crippen LogP contribution in [0.1, 0.15) is 61.1 Å². The Morgan fingerprint density at radius 3 is 2.35 bits per heavy atom. The molecule has 2 unspecified atom stereocenters. The van der Waals surface area contributed by atoms with Gasteiger partial charge in [-0.05, 0) is 55.2 Å². The molecule has 0 bridgehead atoms. The first-order valence-electron chi connectivity index (χ1n) is 11.5. The molecule has 0 saturated heterocycles. The van der Waals surface area contributed by atoms with E-state index in [-0.39, 0.29) is 17.7 Å². The third-order valence-corrected chi connectivity index (χ3v) is 6.22. The van der Waals surface area contributed by atoms with Crippen LogP contribution in [-0.2, 0) is 4.79 Å². The number of fused-ring (bicyclic) bond motifs is 2. The Labute approximate surface area is 200 Å². The Morgan fingerprint density at radius 2 is 1.68 bits per heavy atom. The molecule has 34 heavy (non-hydrogen) atoms. The van der Waals surface area contributed by atoms with E-state index in [1.807, 2.05) is 39.0 Å². The molecule has 178 valence electrons. The summed E-state index contributed by atoms with van der Waals surface area (Å²) in [5.41, 5.74) is 1.81. The Kier molecular flexibility index (Phi) is 6.26. The average molecular weight is 461 g/mol. The van der Waals surface area contributed by atoms with Gasteiger partial charge in [-0.1, -0.05) is 49.4 Å². The van der Waals surface area contributed by atoms with Crippen LogP contribution in [0, 0.1) is 0 Å². The van der Waals surface area contributed by atoms with E-state index in [0.29, 0.717) is 29.2 Å². The van der Waals surface area contributed by atoms with E-state index in [0.717, 1.165) is 16.3 Å². The fraction of sp³-hybridized carbons (Fsp3) is 0.357. The number of rotatable bonds is 6. The predicted octanol–water partition coefficient (Wildman–Crippen LogP) is 5.07. The van der Waals surface area contributed by atoms with Crippen LogP contribution in [0.4, 0.5) is 0 Å². The van der Waals surface area contributed by atoms with Gasteiger partial charge in [-0.15, -0.1) is 0 Å². The third-order valence-electron chi connectivity index (χ3n) is 6.22. The Morgan fingerprint density at radius 1 is 1.03 bits per heavy atom. The molecule has 3 aromatic carbocycles. The molecule has 0 spiro atoms. The molecule has 2 atom stereocenters. The molecule has 3 aromatic rings. The fourth-order valence-electron chi connectivity index (χ4n) is 4.73. The van der Waals surface area contributed by atoms with Crippen LogP contribution in [0.25, 0.3) is 10.8 Å². The van der Waals surface area contributed by atoms with Crippen molar-refractivity contribution < 1.29 is 19.1 Å². The van der Waals surface area contributed by atoms with Gasteiger partial charge in [-0.2, -0.15) is 0 Å². The normalized spacial score (nSPS) is 16.4. The van der Waals surface area contributed by atoms with Crippen LogP contribution >= 0.6 is 0 Å². The van der Waals surface area contributed by atoms with Gasteiger partial charge in [-0.25, -0.2) is 0 Å². The first-order chi connectivity index (χ1) is 16.1. The molecular weight excluding hydrogens is 428 g/mol. The maximum atomic E-state index is 13.6. The van der Waals surface area contributed by atoms with Gasteiger partial charge in [0.2, 0.25) is 5.91 Å². The standard InChI is InChI=1S/C28H32N2O4/c1-17(19-13-9-11-18-10-7-8-12-20(18)19)16-30-25(26(31)29-28(2,3)4)21-14-23(33-5)24(34-6)15-22(21)27(30)32/h7-15,17,25H,16H2,1-6H3,(H,29,31). The van der Waals surface area contributed by atoms with Gasteiger partial charge in [0, 0.05) is 23.2 Å². The van der Waals surface area contributed by atoms with Crippen molar-refractivity contribution in [3.63, 3.8) is 0 Å². The maximum Gasteiger partial charge on any atom is 0.255 e. The van der Waals surface area contributed by atoms with E-state index >= 15 is 0 Å².